The Bertz CT molecular complexity index is 443. The fourth-order valence-corrected chi connectivity index (χ4v) is 1.99. The molecule has 0 saturated heterocycles. The Morgan fingerprint density at radius 3 is 2.92 bits per heavy atom. The van der Waals surface area contributed by atoms with Crippen molar-refractivity contribution in [2.75, 3.05) is 0 Å². The van der Waals surface area contributed by atoms with E-state index in [0.29, 0.717) is 0 Å². The van der Waals surface area contributed by atoms with Crippen LogP contribution in [0.3, 0.4) is 0 Å². The highest BCUT2D eigenvalue weighted by Gasteiger charge is 2.16. The van der Waals surface area contributed by atoms with Crippen molar-refractivity contribution < 1.29 is 0 Å². The molecule has 0 amide bonds. The van der Waals surface area contributed by atoms with Crippen LogP contribution in [0.1, 0.15) is 11.1 Å². The maximum absolute atomic E-state index is 4.08. The van der Waals surface area contributed by atoms with Gasteiger partial charge in [-0.25, -0.2) is 0 Å². The van der Waals surface area contributed by atoms with Gasteiger partial charge in [0.25, 0.3) is 0 Å². The minimum Gasteiger partial charge on any atom is -0.278 e. The number of rotatable bonds is 0. The first kappa shape index (κ1) is 6.89. The van der Waals surface area contributed by atoms with E-state index < -0.39 is 0 Å². The van der Waals surface area contributed by atoms with Crippen LogP contribution in [0.2, 0.25) is 0 Å². The molecule has 0 saturated carbocycles. The van der Waals surface area contributed by atoms with Crippen molar-refractivity contribution in [3.05, 3.63) is 41.6 Å². The fraction of sp³-hybridized carbons (Fsp3) is 0.182. The molecule has 2 aromatic rings. The van der Waals surface area contributed by atoms with Gasteiger partial charge >= 0.3 is 0 Å². The van der Waals surface area contributed by atoms with Crippen molar-refractivity contribution in [1.29, 1.82) is 0 Å². The van der Waals surface area contributed by atoms with Crippen LogP contribution < -0.4 is 0 Å². The molecule has 1 heterocycles. The van der Waals surface area contributed by atoms with Crippen molar-refractivity contribution in [1.82, 2.24) is 10.2 Å². The minimum absolute atomic E-state index is 1.11. The number of hydrogen-bond donors (Lipinski definition) is 1. The van der Waals surface area contributed by atoms with Crippen LogP contribution in [-0.4, -0.2) is 10.2 Å². The summed E-state index contributed by atoms with van der Waals surface area (Å²) >= 11 is 0. The number of nitrogens with zero attached hydrogens (tertiary/aromatic N) is 1. The van der Waals surface area contributed by atoms with Crippen LogP contribution in [0.4, 0.5) is 0 Å². The smallest absolute Gasteiger partial charge is 0.0685 e. The van der Waals surface area contributed by atoms with Crippen LogP contribution in [0, 0.1) is 0 Å². The van der Waals surface area contributed by atoms with E-state index in [1.54, 1.807) is 0 Å². The number of fused-ring (bicyclic) bond motifs is 3. The molecule has 0 bridgehead atoms. The molecule has 1 aliphatic carbocycles. The second-order valence-electron chi connectivity index (χ2n) is 3.43. The Balaban J connectivity index is 2.30. The highest BCUT2D eigenvalue weighted by Crippen LogP contribution is 2.30. The van der Waals surface area contributed by atoms with Crippen LogP contribution >= 0.6 is 0 Å². The average molecular weight is 170 g/mol. The molecule has 13 heavy (non-hydrogen) atoms. The number of benzene rings is 1. The Hall–Kier alpha value is -1.57. The Labute approximate surface area is 76.6 Å². The van der Waals surface area contributed by atoms with E-state index >= 15 is 0 Å². The summed E-state index contributed by atoms with van der Waals surface area (Å²) in [6.45, 7) is 0. The molecule has 3 rings (SSSR count). The summed E-state index contributed by atoms with van der Waals surface area (Å²) in [5.41, 5.74) is 5.31. The zero-order valence-electron chi connectivity index (χ0n) is 7.25. The maximum atomic E-state index is 4.08. The molecule has 2 heteroatoms. The summed E-state index contributed by atoms with van der Waals surface area (Å²) in [5.74, 6) is 0. The molecule has 0 fully saturated rings. The lowest BCUT2D eigenvalue weighted by molar-refractivity contribution is 0.942. The monoisotopic (exact) mass is 170 g/mol. The molecule has 1 aromatic carbocycles. The zero-order valence-corrected chi connectivity index (χ0v) is 7.25. The van der Waals surface area contributed by atoms with Crippen molar-refractivity contribution >= 4 is 0 Å². The molecular formula is C11H10N2. The first-order chi connectivity index (χ1) is 6.45. The summed E-state index contributed by atoms with van der Waals surface area (Å²) in [6, 6.07) is 8.53. The normalized spacial score (nSPS) is 13.5. The van der Waals surface area contributed by atoms with Crippen molar-refractivity contribution in [2.24, 2.45) is 0 Å². The summed E-state index contributed by atoms with van der Waals surface area (Å²) < 4.78 is 0. The summed E-state index contributed by atoms with van der Waals surface area (Å²) in [6.07, 6.45) is 4.19. The van der Waals surface area contributed by atoms with Crippen LogP contribution in [0.25, 0.3) is 11.3 Å². The second kappa shape index (κ2) is 2.46. The third kappa shape index (κ3) is 0.917. The second-order valence-corrected chi connectivity index (χ2v) is 3.43. The lowest BCUT2D eigenvalue weighted by Crippen LogP contribution is -2.01. The number of hydrogen-bond acceptors (Lipinski definition) is 1. The summed E-state index contributed by atoms with van der Waals surface area (Å²) in [4.78, 5) is 0. The lowest BCUT2D eigenvalue weighted by Gasteiger charge is -2.14. The molecular weight excluding hydrogens is 160 g/mol. The van der Waals surface area contributed by atoms with Gasteiger partial charge in [-0.1, -0.05) is 24.3 Å². The molecule has 1 aromatic heterocycles. The minimum atomic E-state index is 1.11. The summed E-state index contributed by atoms with van der Waals surface area (Å²) in [7, 11) is 0. The van der Waals surface area contributed by atoms with E-state index in [4.69, 9.17) is 0 Å². The van der Waals surface area contributed by atoms with Gasteiger partial charge in [-0.3, -0.25) is 5.10 Å². The first-order valence-electron chi connectivity index (χ1n) is 4.55. The van der Waals surface area contributed by atoms with Gasteiger partial charge in [0.2, 0.25) is 0 Å². The van der Waals surface area contributed by atoms with Gasteiger partial charge in [0.1, 0.15) is 0 Å². The Morgan fingerprint density at radius 2 is 1.92 bits per heavy atom. The number of aromatic nitrogens is 2. The van der Waals surface area contributed by atoms with E-state index in [0.717, 1.165) is 12.8 Å². The first-order valence-corrected chi connectivity index (χ1v) is 4.55. The molecule has 1 N–H and O–H groups in total. The van der Waals surface area contributed by atoms with Crippen molar-refractivity contribution in [3.63, 3.8) is 0 Å². The van der Waals surface area contributed by atoms with Crippen LogP contribution in [-0.2, 0) is 12.8 Å². The highest BCUT2D eigenvalue weighted by atomic mass is 15.1. The maximum Gasteiger partial charge on any atom is 0.0685 e. The number of aryl methyl sites for hydroxylation is 2. The third-order valence-corrected chi connectivity index (χ3v) is 2.67. The predicted molar refractivity (Wildman–Crippen MR) is 51.4 cm³/mol. The average Bonchev–Trinajstić information content (AvgIpc) is 2.65. The molecule has 1 aliphatic rings. The third-order valence-electron chi connectivity index (χ3n) is 2.67. The SMILES string of the molecule is c1ccc2c(c1)CCc1cn[nH]c1-2. The molecule has 0 spiro atoms. The molecule has 0 radical (unpaired) electrons. The standard InChI is InChI=1S/C11H10N2/c1-2-4-10-8(3-1)5-6-9-7-12-13-11(9)10/h1-4,7H,5-6H2,(H,12,13). The van der Waals surface area contributed by atoms with E-state index in [1.807, 2.05) is 6.20 Å². The number of nitrogens with one attached hydrogen (secondary N) is 1. The van der Waals surface area contributed by atoms with Crippen LogP contribution in [0.5, 0.6) is 0 Å². The van der Waals surface area contributed by atoms with Crippen LogP contribution in [0.15, 0.2) is 30.5 Å². The Kier molecular flexibility index (Phi) is 1.30. The predicted octanol–water partition coefficient (Wildman–Crippen LogP) is 2.18. The van der Waals surface area contributed by atoms with E-state index in [9.17, 15) is 0 Å². The van der Waals surface area contributed by atoms with Gasteiger partial charge in [0.15, 0.2) is 0 Å². The van der Waals surface area contributed by atoms with E-state index in [1.165, 1.54) is 22.4 Å². The Morgan fingerprint density at radius 1 is 1.08 bits per heavy atom. The largest absolute Gasteiger partial charge is 0.278 e. The van der Waals surface area contributed by atoms with Gasteiger partial charge < -0.3 is 0 Å². The molecule has 0 aliphatic heterocycles. The van der Waals surface area contributed by atoms with Gasteiger partial charge in [-0.15, -0.1) is 0 Å². The van der Waals surface area contributed by atoms with E-state index in [-0.39, 0.29) is 0 Å². The lowest BCUT2D eigenvalue weighted by atomic mass is 9.91. The highest BCUT2D eigenvalue weighted by molar-refractivity contribution is 5.68. The van der Waals surface area contributed by atoms with Gasteiger partial charge in [0.05, 0.1) is 11.9 Å². The molecule has 0 atom stereocenters. The number of H-pyrrole nitrogens is 1. The topological polar surface area (TPSA) is 28.7 Å². The van der Waals surface area contributed by atoms with E-state index in [2.05, 4.69) is 34.5 Å². The molecule has 2 nitrogen and oxygen atoms in total. The molecule has 0 unspecified atom stereocenters. The van der Waals surface area contributed by atoms with Crippen molar-refractivity contribution in [3.8, 4) is 11.3 Å². The number of aromatic amines is 1. The fourth-order valence-electron chi connectivity index (χ4n) is 1.99. The quantitative estimate of drug-likeness (QED) is 0.645. The summed E-state index contributed by atoms with van der Waals surface area (Å²) in [5, 5.41) is 7.14. The van der Waals surface area contributed by atoms with Gasteiger partial charge in [0, 0.05) is 5.56 Å². The molecule has 64 valence electrons. The van der Waals surface area contributed by atoms with Gasteiger partial charge in [-0.05, 0) is 24.0 Å². The van der Waals surface area contributed by atoms with Crippen molar-refractivity contribution in [2.45, 2.75) is 12.8 Å². The zero-order chi connectivity index (χ0) is 8.67. The van der Waals surface area contributed by atoms with Gasteiger partial charge in [-0.2, -0.15) is 5.10 Å².